The largest absolute Gasteiger partial charge is 0.493 e. The molecule has 3 aromatic rings. The topological polar surface area (TPSA) is 93.7 Å². The highest BCUT2D eigenvalue weighted by atomic mass is 32.2. The molecule has 2 aliphatic heterocycles. The van der Waals surface area contributed by atoms with Crippen molar-refractivity contribution in [3.05, 3.63) is 82.9 Å². The fraction of sp³-hybridized carbons (Fsp3) is 0.296. The maximum Gasteiger partial charge on any atom is 0.261 e. The summed E-state index contributed by atoms with van der Waals surface area (Å²) in [6.07, 6.45) is 1.10. The van der Waals surface area contributed by atoms with E-state index in [9.17, 15) is 13.2 Å². The fourth-order valence-corrected chi connectivity index (χ4v) is 5.79. The summed E-state index contributed by atoms with van der Waals surface area (Å²) in [5, 5.41) is 3.50. The highest BCUT2D eigenvalue weighted by molar-refractivity contribution is 7.92. The number of benzene rings is 3. The van der Waals surface area contributed by atoms with Gasteiger partial charge in [-0.15, -0.1) is 0 Å². The quantitative estimate of drug-likeness (QED) is 0.437. The number of carbonyl (C=O) groups excluding carboxylic acids is 1. The SMILES string of the molecule is CCOC1CC(c2cccc(C(C)=O)c2)Nc2ccc(S(=O)(=O)Nc3ccc4c(c3)CCO4)cc21. The highest BCUT2D eigenvalue weighted by Crippen LogP contribution is 2.42. The molecule has 0 saturated heterocycles. The van der Waals surface area contributed by atoms with Gasteiger partial charge in [-0.1, -0.05) is 18.2 Å². The van der Waals surface area contributed by atoms with Crippen LogP contribution in [0.3, 0.4) is 0 Å². The lowest BCUT2D eigenvalue weighted by atomic mass is 9.90. The number of fused-ring (bicyclic) bond motifs is 2. The van der Waals surface area contributed by atoms with Gasteiger partial charge in [-0.05, 0) is 67.4 Å². The standard InChI is InChI=1S/C27H28N2O5S/c1-3-33-27-16-25(19-6-4-5-18(13-19)17(2)30)28-24-9-8-22(15-23(24)27)35(31,32)29-21-7-10-26-20(14-21)11-12-34-26/h4-10,13-15,25,27-29H,3,11-12,16H2,1-2H3. The summed E-state index contributed by atoms with van der Waals surface area (Å²) in [5.41, 5.74) is 4.78. The van der Waals surface area contributed by atoms with Gasteiger partial charge in [0.15, 0.2) is 5.78 Å². The van der Waals surface area contributed by atoms with Gasteiger partial charge in [0, 0.05) is 42.0 Å². The minimum Gasteiger partial charge on any atom is -0.493 e. The number of hydrogen-bond donors (Lipinski definition) is 2. The molecule has 2 heterocycles. The normalized spacial score (nSPS) is 18.7. The molecule has 0 amide bonds. The third-order valence-electron chi connectivity index (χ3n) is 6.46. The molecule has 35 heavy (non-hydrogen) atoms. The van der Waals surface area contributed by atoms with E-state index in [4.69, 9.17) is 9.47 Å². The van der Waals surface area contributed by atoms with Gasteiger partial charge in [0.05, 0.1) is 23.6 Å². The van der Waals surface area contributed by atoms with Crippen LogP contribution in [0.5, 0.6) is 5.75 Å². The molecule has 0 aliphatic carbocycles. The molecule has 0 aromatic heterocycles. The number of anilines is 2. The van der Waals surface area contributed by atoms with Crippen molar-refractivity contribution in [2.24, 2.45) is 0 Å². The predicted molar refractivity (Wildman–Crippen MR) is 135 cm³/mol. The third kappa shape index (κ3) is 4.76. The number of Topliss-reactive ketones (excluding diaryl/α,β-unsaturated/α-hetero) is 1. The molecule has 7 nitrogen and oxygen atoms in total. The number of carbonyl (C=O) groups is 1. The minimum atomic E-state index is -3.80. The number of sulfonamides is 1. The van der Waals surface area contributed by atoms with Crippen LogP contribution in [0.1, 0.15) is 59.5 Å². The molecule has 0 bridgehead atoms. The minimum absolute atomic E-state index is 0.0164. The summed E-state index contributed by atoms with van der Waals surface area (Å²) in [4.78, 5) is 12.0. The molecule has 2 atom stereocenters. The van der Waals surface area contributed by atoms with E-state index < -0.39 is 10.0 Å². The third-order valence-corrected chi connectivity index (χ3v) is 7.84. The van der Waals surface area contributed by atoms with Gasteiger partial charge in [0.25, 0.3) is 10.0 Å². The summed E-state index contributed by atoms with van der Waals surface area (Å²) < 4.78 is 40.6. The monoisotopic (exact) mass is 492 g/mol. The van der Waals surface area contributed by atoms with E-state index in [2.05, 4.69) is 10.0 Å². The van der Waals surface area contributed by atoms with Crippen molar-refractivity contribution < 1.29 is 22.7 Å². The van der Waals surface area contributed by atoms with Gasteiger partial charge in [-0.25, -0.2) is 8.42 Å². The van der Waals surface area contributed by atoms with E-state index >= 15 is 0 Å². The molecule has 5 rings (SSSR count). The molecule has 2 aliphatic rings. The first-order valence-corrected chi connectivity index (χ1v) is 13.2. The van der Waals surface area contributed by atoms with Gasteiger partial charge >= 0.3 is 0 Å². The van der Waals surface area contributed by atoms with Crippen LogP contribution in [-0.2, 0) is 21.2 Å². The second-order valence-corrected chi connectivity index (χ2v) is 10.5. The lowest BCUT2D eigenvalue weighted by Gasteiger charge is -2.33. The Labute approximate surface area is 205 Å². The molecule has 0 saturated carbocycles. The zero-order chi connectivity index (χ0) is 24.6. The van der Waals surface area contributed by atoms with Gasteiger partial charge in [0.1, 0.15) is 5.75 Å². The van der Waals surface area contributed by atoms with Crippen LogP contribution in [0.4, 0.5) is 11.4 Å². The molecule has 3 aromatic carbocycles. The Bertz CT molecular complexity index is 1390. The van der Waals surface area contributed by atoms with E-state index in [0.717, 1.165) is 34.5 Å². The van der Waals surface area contributed by atoms with Crippen LogP contribution in [0.15, 0.2) is 65.6 Å². The van der Waals surface area contributed by atoms with Crippen LogP contribution >= 0.6 is 0 Å². The Hall–Kier alpha value is -3.36. The summed E-state index contributed by atoms with van der Waals surface area (Å²) in [6.45, 7) is 4.59. The first kappa shape index (κ1) is 23.4. The van der Waals surface area contributed by atoms with Crippen molar-refractivity contribution in [2.75, 3.05) is 23.3 Å². The van der Waals surface area contributed by atoms with Crippen molar-refractivity contribution in [1.29, 1.82) is 0 Å². The van der Waals surface area contributed by atoms with Gasteiger partial charge in [-0.2, -0.15) is 0 Å². The summed E-state index contributed by atoms with van der Waals surface area (Å²) in [7, 11) is -3.80. The zero-order valence-corrected chi connectivity index (χ0v) is 20.5. The number of rotatable bonds is 7. The van der Waals surface area contributed by atoms with Gasteiger partial charge in [0.2, 0.25) is 0 Å². The maximum atomic E-state index is 13.2. The second kappa shape index (κ2) is 9.36. The summed E-state index contributed by atoms with van der Waals surface area (Å²) >= 11 is 0. The molecular formula is C27H28N2O5S. The first-order chi connectivity index (χ1) is 16.8. The Balaban J connectivity index is 1.43. The molecule has 0 radical (unpaired) electrons. The Kier molecular flexibility index (Phi) is 6.25. The second-order valence-electron chi connectivity index (χ2n) is 8.83. The van der Waals surface area contributed by atoms with Gasteiger partial charge in [-0.3, -0.25) is 9.52 Å². The lowest BCUT2D eigenvalue weighted by Crippen LogP contribution is -2.24. The van der Waals surface area contributed by atoms with Crippen molar-refractivity contribution in [1.82, 2.24) is 0 Å². The van der Waals surface area contributed by atoms with E-state index in [1.54, 1.807) is 43.3 Å². The fourth-order valence-electron chi connectivity index (χ4n) is 4.71. The van der Waals surface area contributed by atoms with Crippen molar-refractivity contribution >= 4 is 27.2 Å². The summed E-state index contributed by atoms with van der Waals surface area (Å²) in [6, 6.07) is 17.9. The maximum absolute atomic E-state index is 13.2. The van der Waals surface area contributed by atoms with Crippen LogP contribution in [-0.4, -0.2) is 27.4 Å². The van der Waals surface area contributed by atoms with E-state index in [1.807, 2.05) is 31.2 Å². The van der Waals surface area contributed by atoms with Crippen LogP contribution < -0.4 is 14.8 Å². The number of hydrogen-bond acceptors (Lipinski definition) is 6. The Morgan fingerprint density at radius 2 is 2.00 bits per heavy atom. The molecule has 0 fully saturated rings. The first-order valence-electron chi connectivity index (χ1n) is 11.8. The molecule has 182 valence electrons. The molecule has 2 unspecified atom stereocenters. The lowest BCUT2D eigenvalue weighted by molar-refractivity contribution is 0.0497. The number of ketones is 1. The average molecular weight is 493 g/mol. The molecule has 8 heteroatoms. The van der Waals surface area contributed by atoms with Crippen molar-refractivity contribution in [3.8, 4) is 5.75 Å². The number of ether oxygens (including phenoxy) is 2. The van der Waals surface area contributed by atoms with Crippen LogP contribution in [0, 0.1) is 0 Å². The zero-order valence-electron chi connectivity index (χ0n) is 19.7. The Morgan fingerprint density at radius 3 is 2.80 bits per heavy atom. The number of nitrogens with one attached hydrogen (secondary N) is 2. The summed E-state index contributed by atoms with van der Waals surface area (Å²) in [5.74, 6) is 0.818. The predicted octanol–water partition coefficient (Wildman–Crippen LogP) is 5.26. The van der Waals surface area contributed by atoms with Gasteiger partial charge < -0.3 is 14.8 Å². The van der Waals surface area contributed by atoms with Crippen molar-refractivity contribution in [3.63, 3.8) is 0 Å². The average Bonchev–Trinajstić information content (AvgIpc) is 3.31. The van der Waals surface area contributed by atoms with E-state index in [-0.39, 0.29) is 22.8 Å². The molecule has 0 spiro atoms. The van der Waals surface area contributed by atoms with E-state index in [1.165, 1.54) is 0 Å². The van der Waals surface area contributed by atoms with E-state index in [0.29, 0.717) is 30.9 Å². The van der Waals surface area contributed by atoms with Crippen molar-refractivity contribution in [2.45, 2.75) is 43.7 Å². The van der Waals surface area contributed by atoms with Crippen LogP contribution in [0.25, 0.3) is 0 Å². The highest BCUT2D eigenvalue weighted by Gasteiger charge is 2.30. The smallest absolute Gasteiger partial charge is 0.261 e. The molecular weight excluding hydrogens is 464 g/mol. The molecule has 2 N–H and O–H groups in total. The Morgan fingerprint density at radius 1 is 1.14 bits per heavy atom. The van der Waals surface area contributed by atoms with Crippen LogP contribution in [0.2, 0.25) is 0 Å².